The van der Waals surface area contributed by atoms with E-state index in [4.69, 9.17) is 4.74 Å². The first-order chi connectivity index (χ1) is 17.6. The van der Waals surface area contributed by atoms with Gasteiger partial charge in [-0.3, -0.25) is 0 Å². The Balaban J connectivity index is 1.45. The van der Waals surface area contributed by atoms with Gasteiger partial charge in [0.1, 0.15) is 17.4 Å². The van der Waals surface area contributed by atoms with Gasteiger partial charge in [0.2, 0.25) is 0 Å². The van der Waals surface area contributed by atoms with Crippen LogP contribution in [0.1, 0.15) is 35.1 Å². The van der Waals surface area contributed by atoms with Crippen molar-refractivity contribution in [1.82, 2.24) is 14.9 Å². The number of rotatable bonds is 6. The summed E-state index contributed by atoms with van der Waals surface area (Å²) in [6, 6.07) is 12.4. The zero-order valence-corrected chi connectivity index (χ0v) is 21.1. The number of halogens is 3. The lowest BCUT2D eigenvalue weighted by Gasteiger charge is -2.36. The third kappa shape index (κ3) is 6.49. The lowest BCUT2D eigenvalue weighted by molar-refractivity contribution is -0.137. The second kappa shape index (κ2) is 11.1. The first kappa shape index (κ1) is 26.2. The fraction of sp³-hybridized carbons (Fsp3) is 0.370. The summed E-state index contributed by atoms with van der Waals surface area (Å²) in [6.07, 6.45) is -4.12. The highest BCUT2D eigenvalue weighted by Crippen LogP contribution is 2.31. The summed E-state index contributed by atoms with van der Waals surface area (Å²) in [6.45, 7) is 8.18. The second-order valence-electron chi connectivity index (χ2n) is 8.89. The summed E-state index contributed by atoms with van der Waals surface area (Å²) in [5.74, 6) is 2.04. The van der Waals surface area contributed by atoms with Crippen LogP contribution in [-0.4, -0.2) is 53.7 Å². The fourth-order valence-corrected chi connectivity index (χ4v) is 4.37. The Morgan fingerprint density at radius 3 is 2.38 bits per heavy atom. The predicted octanol–water partition coefficient (Wildman–Crippen LogP) is 5.46. The maximum absolute atomic E-state index is 13.2. The molecule has 0 unspecified atom stereocenters. The molecule has 10 heteroatoms. The van der Waals surface area contributed by atoms with Crippen LogP contribution in [0.15, 0.2) is 48.5 Å². The molecule has 2 heterocycles. The van der Waals surface area contributed by atoms with Gasteiger partial charge in [0.05, 0.1) is 12.2 Å². The number of hydrogen-bond acceptors (Lipinski definition) is 5. The van der Waals surface area contributed by atoms with Crippen molar-refractivity contribution in [3.05, 3.63) is 76.7 Å². The maximum atomic E-state index is 13.2. The monoisotopic (exact) mass is 513 g/mol. The molecule has 2 amide bonds. The van der Waals surface area contributed by atoms with E-state index in [1.54, 1.807) is 30.0 Å². The molecule has 196 valence electrons. The van der Waals surface area contributed by atoms with Crippen LogP contribution in [0.3, 0.4) is 0 Å². The van der Waals surface area contributed by atoms with Crippen molar-refractivity contribution in [2.24, 2.45) is 0 Å². The minimum atomic E-state index is -4.40. The Kier molecular flexibility index (Phi) is 7.85. The number of carbonyl (C=O) groups excluding carboxylic acids is 1. The van der Waals surface area contributed by atoms with Crippen LogP contribution in [0.5, 0.6) is 5.75 Å². The Morgan fingerprint density at radius 1 is 1.03 bits per heavy atom. The summed E-state index contributed by atoms with van der Waals surface area (Å²) in [7, 11) is 0. The molecule has 1 aliphatic rings. The third-order valence-electron chi connectivity index (χ3n) is 6.22. The zero-order chi connectivity index (χ0) is 26.6. The van der Waals surface area contributed by atoms with Gasteiger partial charge in [-0.15, -0.1) is 0 Å². The van der Waals surface area contributed by atoms with Crippen LogP contribution < -0.4 is 15.0 Å². The Bertz CT molecular complexity index is 1240. The summed E-state index contributed by atoms with van der Waals surface area (Å²) >= 11 is 0. The first-order valence-electron chi connectivity index (χ1n) is 12.2. The van der Waals surface area contributed by atoms with E-state index in [0.29, 0.717) is 55.7 Å². The van der Waals surface area contributed by atoms with Crippen molar-refractivity contribution >= 4 is 17.5 Å². The number of amides is 2. The number of hydrogen-bond donors (Lipinski definition) is 1. The molecule has 1 saturated heterocycles. The molecule has 0 saturated carbocycles. The highest BCUT2D eigenvalue weighted by molar-refractivity contribution is 5.89. The number of carbonyl (C=O) groups is 1. The summed E-state index contributed by atoms with van der Waals surface area (Å²) in [5.41, 5.74) is 2.07. The predicted molar refractivity (Wildman–Crippen MR) is 136 cm³/mol. The van der Waals surface area contributed by atoms with Gasteiger partial charge < -0.3 is 19.9 Å². The molecule has 0 aliphatic carbocycles. The number of nitrogens with zero attached hydrogens (tertiary/aromatic N) is 4. The first-order valence-corrected chi connectivity index (χ1v) is 12.2. The van der Waals surface area contributed by atoms with Gasteiger partial charge in [-0.2, -0.15) is 13.2 Å². The van der Waals surface area contributed by atoms with E-state index >= 15 is 0 Å². The van der Waals surface area contributed by atoms with E-state index in [0.717, 1.165) is 23.1 Å². The number of alkyl halides is 3. The van der Waals surface area contributed by atoms with Crippen molar-refractivity contribution in [3.8, 4) is 5.75 Å². The van der Waals surface area contributed by atoms with Crippen LogP contribution >= 0.6 is 0 Å². The number of aryl methyl sites for hydroxylation is 2. The molecule has 0 atom stereocenters. The largest absolute Gasteiger partial charge is 0.494 e. The van der Waals surface area contributed by atoms with E-state index < -0.39 is 11.7 Å². The van der Waals surface area contributed by atoms with Gasteiger partial charge in [0.25, 0.3) is 0 Å². The van der Waals surface area contributed by atoms with Gasteiger partial charge in [-0.1, -0.05) is 18.2 Å². The van der Waals surface area contributed by atoms with Crippen molar-refractivity contribution in [1.29, 1.82) is 0 Å². The van der Waals surface area contributed by atoms with Crippen molar-refractivity contribution in [2.45, 2.75) is 33.4 Å². The van der Waals surface area contributed by atoms with Crippen LogP contribution in [0.2, 0.25) is 0 Å². The molecule has 0 radical (unpaired) electrons. The number of anilines is 2. The smallest absolute Gasteiger partial charge is 0.416 e. The Hall–Kier alpha value is -3.82. The molecular weight excluding hydrogens is 483 g/mol. The molecule has 0 bridgehead atoms. The molecule has 4 rings (SSSR count). The lowest BCUT2D eigenvalue weighted by atomic mass is 10.0. The van der Waals surface area contributed by atoms with Gasteiger partial charge in [0, 0.05) is 49.5 Å². The Labute approximate surface area is 214 Å². The molecule has 7 nitrogen and oxygen atoms in total. The summed E-state index contributed by atoms with van der Waals surface area (Å²) < 4.78 is 45.1. The zero-order valence-electron chi connectivity index (χ0n) is 21.1. The topological polar surface area (TPSA) is 70.6 Å². The molecule has 1 fully saturated rings. The lowest BCUT2D eigenvalue weighted by Crippen LogP contribution is -2.50. The van der Waals surface area contributed by atoms with Crippen molar-refractivity contribution in [2.75, 3.05) is 43.0 Å². The van der Waals surface area contributed by atoms with E-state index in [1.165, 1.54) is 12.1 Å². The SMILES string of the molecule is CCOc1ccc(NC(=O)N2CCN(c3nc(C)nc(C)c3Cc3cccc(C(F)(F)F)c3)CC2)cc1. The molecule has 1 aliphatic heterocycles. The maximum Gasteiger partial charge on any atom is 0.416 e. The molecular formula is C27H30F3N5O2. The standard InChI is InChI=1S/C27H30F3N5O2/c1-4-37-23-10-8-22(9-11-23)33-26(36)35-14-12-34(13-15-35)25-24(18(2)31-19(3)32-25)17-20-6-5-7-21(16-20)27(28,29)30/h5-11,16H,4,12-15,17H2,1-3H3,(H,33,36). The quantitative estimate of drug-likeness (QED) is 0.474. The minimum absolute atomic E-state index is 0.192. The molecule has 3 aromatic rings. The van der Waals surface area contributed by atoms with Gasteiger partial charge in [-0.05, 0) is 56.7 Å². The average molecular weight is 514 g/mol. The number of piperazine rings is 1. The highest BCUT2D eigenvalue weighted by atomic mass is 19.4. The highest BCUT2D eigenvalue weighted by Gasteiger charge is 2.31. The number of ether oxygens (including phenoxy) is 1. The molecule has 0 spiro atoms. The van der Waals surface area contributed by atoms with E-state index in [1.807, 2.05) is 26.0 Å². The second-order valence-corrected chi connectivity index (χ2v) is 8.89. The third-order valence-corrected chi connectivity index (χ3v) is 6.22. The van der Waals surface area contributed by atoms with Crippen LogP contribution in [0.4, 0.5) is 29.5 Å². The number of nitrogens with one attached hydrogen (secondary N) is 1. The number of benzene rings is 2. The summed E-state index contributed by atoms with van der Waals surface area (Å²) in [4.78, 5) is 25.7. The minimum Gasteiger partial charge on any atom is -0.494 e. The summed E-state index contributed by atoms with van der Waals surface area (Å²) in [5, 5.41) is 2.91. The van der Waals surface area contributed by atoms with Crippen LogP contribution in [-0.2, 0) is 12.6 Å². The average Bonchev–Trinajstić information content (AvgIpc) is 2.86. The fourth-order valence-electron chi connectivity index (χ4n) is 4.37. The molecule has 1 N–H and O–H groups in total. The number of urea groups is 1. The van der Waals surface area contributed by atoms with Crippen LogP contribution in [0.25, 0.3) is 0 Å². The number of aromatic nitrogens is 2. The van der Waals surface area contributed by atoms with E-state index in [2.05, 4.69) is 20.2 Å². The van der Waals surface area contributed by atoms with Crippen LogP contribution in [0, 0.1) is 13.8 Å². The van der Waals surface area contributed by atoms with Gasteiger partial charge in [-0.25, -0.2) is 14.8 Å². The molecule has 1 aromatic heterocycles. The van der Waals surface area contributed by atoms with Crippen molar-refractivity contribution < 1.29 is 22.7 Å². The van der Waals surface area contributed by atoms with E-state index in [-0.39, 0.29) is 12.5 Å². The molecule has 37 heavy (non-hydrogen) atoms. The van der Waals surface area contributed by atoms with Crippen molar-refractivity contribution in [3.63, 3.8) is 0 Å². The normalized spacial score (nSPS) is 14.0. The Morgan fingerprint density at radius 2 is 1.73 bits per heavy atom. The molecule has 2 aromatic carbocycles. The van der Waals surface area contributed by atoms with Gasteiger partial charge >= 0.3 is 12.2 Å². The van der Waals surface area contributed by atoms with E-state index in [9.17, 15) is 18.0 Å². The van der Waals surface area contributed by atoms with Gasteiger partial charge in [0.15, 0.2) is 0 Å².